The van der Waals surface area contributed by atoms with Crippen molar-refractivity contribution in [1.29, 1.82) is 0 Å². The van der Waals surface area contributed by atoms with E-state index in [4.69, 9.17) is 5.73 Å². The van der Waals surface area contributed by atoms with Gasteiger partial charge in [-0.1, -0.05) is 18.2 Å². The summed E-state index contributed by atoms with van der Waals surface area (Å²) in [7, 11) is 0. The maximum Gasteiger partial charge on any atom is 0.419 e. The molecule has 0 saturated heterocycles. The van der Waals surface area contributed by atoms with Crippen molar-refractivity contribution in [3.63, 3.8) is 0 Å². The van der Waals surface area contributed by atoms with Crippen LogP contribution < -0.4 is 5.73 Å². The van der Waals surface area contributed by atoms with E-state index in [2.05, 4.69) is 0 Å². The Labute approximate surface area is 112 Å². The number of aliphatic hydroxyl groups is 1. The summed E-state index contributed by atoms with van der Waals surface area (Å²) in [5.41, 5.74) is 5.08. The Bertz CT molecular complexity index is 608. The van der Waals surface area contributed by atoms with Gasteiger partial charge in [0.25, 0.3) is 0 Å². The van der Waals surface area contributed by atoms with E-state index in [1.54, 1.807) is 12.1 Å². The fourth-order valence-electron chi connectivity index (χ4n) is 1.80. The molecule has 106 valence electrons. The number of benzene rings is 2. The number of aliphatic hydroxyl groups excluding tert-OH is 1. The SMILES string of the molecule is Nc1ccc(C(O)c2ccc(C(F)(F)F)c(F)c2)cc1. The van der Waals surface area contributed by atoms with Crippen molar-refractivity contribution in [3.05, 3.63) is 65.0 Å². The van der Waals surface area contributed by atoms with Gasteiger partial charge in [0.1, 0.15) is 11.9 Å². The Balaban J connectivity index is 2.34. The first kappa shape index (κ1) is 14.3. The molecule has 0 aliphatic carbocycles. The predicted octanol–water partition coefficient (Wildman–Crippen LogP) is 3.51. The van der Waals surface area contributed by atoms with Crippen LogP contribution in [0.5, 0.6) is 0 Å². The molecule has 0 spiro atoms. The van der Waals surface area contributed by atoms with Crippen LogP contribution in [0, 0.1) is 5.82 Å². The largest absolute Gasteiger partial charge is 0.419 e. The van der Waals surface area contributed by atoms with Crippen LogP contribution in [0.3, 0.4) is 0 Å². The van der Waals surface area contributed by atoms with Gasteiger partial charge >= 0.3 is 6.18 Å². The van der Waals surface area contributed by atoms with Crippen LogP contribution in [0.4, 0.5) is 23.2 Å². The van der Waals surface area contributed by atoms with Gasteiger partial charge in [-0.05, 0) is 35.4 Å². The smallest absolute Gasteiger partial charge is 0.399 e. The molecule has 0 heterocycles. The molecule has 2 aromatic carbocycles. The van der Waals surface area contributed by atoms with E-state index in [0.717, 1.165) is 6.07 Å². The lowest BCUT2D eigenvalue weighted by atomic mass is 9.99. The quantitative estimate of drug-likeness (QED) is 0.655. The number of nitrogens with two attached hydrogens (primary N) is 1. The van der Waals surface area contributed by atoms with Gasteiger partial charge in [0.05, 0.1) is 5.56 Å². The molecule has 0 saturated carbocycles. The number of halogens is 4. The van der Waals surface area contributed by atoms with Gasteiger partial charge in [-0.2, -0.15) is 13.2 Å². The molecule has 2 rings (SSSR count). The van der Waals surface area contributed by atoms with Crippen molar-refractivity contribution in [3.8, 4) is 0 Å². The lowest BCUT2D eigenvalue weighted by Crippen LogP contribution is -2.09. The first-order valence-electron chi connectivity index (χ1n) is 5.69. The summed E-state index contributed by atoms with van der Waals surface area (Å²) in [6, 6.07) is 8.48. The zero-order valence-electron chi connectivity index (χ0n) is 10.2. The van der Waals surface area contributed by atoms with Crippen molar-refractivity contribution >= 4 is 5.69 Å². The van der Waals surface area contributed by atoms with Crippen molar-refractivity contribution in [2.24, 2.45) is 0 Å². The highest BCUT2D eigenvalue weighted by Crippen LogP contribution is 2.33. The number of hydrogen-bond donors (Lipinski definition) is 2. The molecule has 0 aliphatic heterocycles. The average molecular weight is 285 g/mol. The van der Waals surface area contributed by atoms with Crippen LogP contribution >= 0.6 is 0 Å². The Kier molecular flexibility index (Phi) is 3.67. The topological polar surface area (TPSA) is 46.2 Å². The van der Waals surface area contributed by atoms with Crippen molar-refractivity contribution in [1.82, 2.24) is 0 Å². The Morgan fingerprint density at radius 3 is 2.00 bits per heavy atom. The molecule has 0 aliphatic rings. The maximum absolute atomic E-state index is 13.4. The molecule has 6 heteroatoms. The summed E-state index contributed by atoms with van der Waals surface area (Å²) >= 11 is 0. The third-order valence-electron chi connectivity index (χ3n) is 2.87. The van der Waals surface area contributed by atoms with Gasteiger partial charge in [-0.25, -0.2) is 4.39 Å². The molecule has 0 radical (unpaired) electrons. The van der Waals surface area contributed by atoms with Crippen molar-refractivity contribution in [2.75, 3.05) is 5.73 Å². The van der Waals surface area contributed by atoms with Crippen LogP contribution in [0.15, 0.2) is 42.5 Å². The Hall–Kier alpha value is -2.08. The molecule has 3 N–H and O–H groups in total. The molecular formula is C14H11F4NO. The third kappa shape index (κ3) is 2.91. The second-order valence-corrected chi connectivity index (χ2v) is 4.31. The van der Waals surface area contributed by atoms with Gasteiger partial charge in [0, 0.05) is 5.69 Å². The predicted molar refractivity (Wildman–Crippen MR) is 66.3 cm³/mol. The second-order valence-electron chi connectivity index (χ2n) is 4.31. The van der Waals surface area contributed by atoms with Crippen LogP contribution in [0.25, 0.3) is 0 Å². The average Bonchev–Trinajstić information content (AvgIpc) is 2.37. The summed E-state index contributed by atoms with van der Waals surface area (Å²) in [4.78, 5) is 0. The highest BCUT2D eigenvalue weighted by Gasteiger charge is 2.34. The summed E-state index contributed by atoms with van der Waals surface area (Å²) in [6.07, 6.45) is -5.97. The minimum Gasteiger partial charge on any atom is -0.399 e. The van der Waals surface area contributed by atoms with E-state index in [0.29, 0.717) is 23.4 Å². The van der Waals surface area contributed by atoms with E-state index < -0.39 is 23.7 Å². The number of anilines is 1. The summed E-state index contributed by atoms with van der Waals surface area (Å²) in [6.45, 7) is 0. The number of nitrogen functional groups attached to an aromatic ring is 1. The third-order valence-corrected chi connectivity index (χ3v) is 2.87. The highest BCUT2D eigenvalue weighted by molar-refractivity contribution is 5.42. The number of hydrogen-bond acceptors (Lipinski definition) is 2. The monoisotopic (exact) mass is 285 g/mol. The second kappa shape index (κ2) is 5.13. The molecule has 2 aromatic rings. The zero-order valence-corrected chi connectivity index (χ0v) is 10.2. The van der Waals surface area contributed by atoms with Crippen LogP contribution in [0.2, 0.25) is 0 Å². The zero-order chi connectivity index (χ0) is 14.9. The van der Waals surface area contributed by atoms with E-state index in [-0.39, 0.29) is 5.56 Å². The lowest BCUT2D eigenvalue weighted by Gasteiger charge is -2.14. The van der Waals surface area contributed by atoms with Gasteiger partial charge in [0.2, 0.25) is 0 Å². The number of rotatable bonds is 2. The maximum atomic E-state index is 13.4. The van der Waals surface area contributed by atoms with Crippen LogP contribution in [-0.2, 0) is 6.18 Å². The van der Waals surface area contributed by atoms with Crippen LogP contribution in [-0.4, -0.2) is 5.11 Å². The molecule has 1 atom stereocenters. The first-order valence-corrected chi connectivity index (χ1v) is 5.69. The fourth-order valence-corrected chi connectivity index (χ4v) is 1.80. The van der Waals surface area contributed by atoms with Crippen molar-refractivity contribution in [2.45, 2.75) is 12.3 Å². The van der Waals surface area contributed by atoms with Crippen molar-refractivity contribution < 1.29 is 22.7 Å². The van der Waals surface area contributed by atoms with Gasteiger partial charge in [-0.3, -0.25) is 0 Å². The molecule has 0 aromatic heterocycles. The van der Waals surface area contributed by atoms with Crippen LogP contribution in [0.1, 0.15) is 22.8 Å². The first-order chi connectivity index (χ1) is 9.29. The molecule has 2 nitrogen and oxygen atoms in total. The standard InChI is InChI=1S/C14H11F4NO/c15-12-7-9(3-6-11(12)14(16,17)18)13(20)8-1-4-10(19)5-2-8/h1-7,13,20H,19H2. The molecule has 0 bridgehead atoms. The number of alkyl halides is 3. The van der Waals surface area contributed by atoms with Gasteiger partial charge in [-0.15, -0.1) is 0 Å². The normalized spacial score (nSPS) is 13.2. The fraction of sp³-hybridized carbons (Fsp3) is 0.143. The Morgan fingerprint density at radius 2 is 1.50 bits per heavy atom. The minimum atomic E-state index is -4.76. The summed E-state index contributed by atoms with van der Waals surface area (Å²) < 4.78 is 50.7. The van der Waals surface area contributed by atoms with E-state index >= 15 is 0 Å². The highest BCUT2D eigenvalue weighted by atomic mass is 19.4. The Morgan fingerprint density at radius 1 is 0.950 bits per heavy atom. The summed E-state index contributed by atoms with van der Waals surface area (Å²) in [5.74, 6) is -1.41. The molecular weight excluding hydrogens is 274 g/mol. The minimum absolute atomic E-state index is 0.0419. The van der Waals surface area contributed by atoms with E-state index in [9.17, 15) is 22.7 Å². The molecule has 0 fully saturated rings. The van der Waals surface area contributed by atoms with Gasteiger partial charge < -0.3 is 10.8 Å². The lowest BCUT2D eigenvalue weighted by molar-refractivity contribution is -0.140. The van der Waals surface area contributed by atoms with E-state index in [1.165, 1.54) is 12.1 Å². The van der Waals surface area contributed by atoms with Gasteiger partial charge in [0.15, 0.2) is 0 Å². The molecule has 0 amide bonds. The van der Waals surface area contributed by atoms with E-state index in [1.807, 2.05) is 0 Å². The molecule has 1 unspecified atom stereocenters. The summed E-state index contributed by atoms with van der Waals surface area (Å²) in [5, 5.41) is 10.0. The molecule has 20 heavy (non-hydrogen) atoms.